The van der Waals surface area contributed by atoms with Gasteiger partial charge in [-0.1, -0.05) is 46.9 Å². The van der Waals surface area contributed by atoms with E-state index in [0.29, 0.717) is 10.7 Å². The van der Waals surface area contributed by atoms with Gasteiger partial charge in [0.25, 0.3) is 0 Å². The predicted molar refractivity (Wildman–Crippen MR) is 79.7 cm³/mol. The zero-order valence-electron chi connectivity index (χ0n) is 10.2. The van der Waals surface area contributed by atoms with Crippen LogP contribution in [0.1, 0.15) is 19.8 Å². The van der Waals surface area contributed by atoms with Crippen molar-refractivity contribution in [1.29, 1.82) is 0 Å². The third-order valence-corrected chi connectivity index (χ3v) is 3.52. The Kier molecular flexibility index (Phi) is 4.30. The quantitative estimate of drug-likeness (QED) is 0.907. The van der Waals surface area contributed by atoms with Crippen molar-refractivity contribution >= 4 is 33.2 Å². The van der Waals surface area contributed by atoms with Crippen LogP contribution in [0.3, 0.4) is 0 Å². The summed E-state index contributed by atoms with van der Waals surface area (Å²) >= 11 is 9.60. The summed E-state index contributed by atoms with van der Waals surface area (Å²) in [7, 11) is 0. The number of hydrogen-bond acceptors (Lipinski definition) is 2. The van der Waals surface area contributed by atoms with E-state index < -0.39 is 0 Å². The van der Waals surface area contributed by atoms with Crippen molar-refractivity contribution in [2.24, 2.45) is 0 Å². The maximum absolute atomic E-state index is 6.21. The summed E-state index contributed by atoms with van der Waals surface area (Å²) < 4.78 is 2.83. The lowest BCUT2D eigenvalue weighted by atomic mass is 10.1. The van der Waals surface area contributed by atoms with Gasteiger partial charge in [0, 0.05) is 22.8 Å². The first-order valence-electron chi connectivity index (χ1n) is 5.90. The number of halogens is 2. The molecule has 0 unspecified atom stereocenters. The molecule has 3 nitrogen and oxygen atoms in total. The Hall–Kier alpha value is -1.00. The third kappa shape index (κ3) is 2.87. The van der Waals surface area contributed by atoms with Crippen LogP contribution in [-0.2, 0) is 6.54 Å². The molecule has 1 aromatic carbocycles. The van der Waals surface area contributed by atoms with E-state index >= 15 is 0 Å². The second-order valence-corrected chi connectivity index (χ2v) is 5.50. The van der Waals surface area contributed by atoms with Crippen molar-refractivity contribution < 1.29 is 0 Å². The molecule has 0 spiro atoms. The van der Waals surface area contributed by atoms with E-state index in [1.165, 1.54) is 0 Å². The Morgan fingerprint density at radius 3 is 2.89 bits per heavy atom. The average molecular weight is 329 g/mol. The third-order valence-electron chi connectivity index (χ3n) is 2.72. The Labute approximate surface area is 120 Å². The Morgan fingerprint density at radius 2 is 2.22 bits per heavy atom. The number of unbranched alkanes of at least 4 members (excludes halogenated alkanes) is 1. The summed E-state index contributed by atoms with van der Waals surface area (Å²) in [4.78, 5) is 0. The van der Waals surface area contributed by atoms with Gasteiger partial charge < -0.3 is 5.73 Å². The molecule has 0 aliphatic carbocycles. The van der Waals surface area contributed by atoms with Gasteiger partial charge in [0.05, 0.1) is 10.7 Å². The molecule has 0 amide bonds. The molecule has 2 N–H and O–H groups in total. The number of rotatable bonds is 4. The lowest BCUT2D eigenvalue weighted by Crippen LogP contribution is -1.98. The lowest BCUT2D eigenvalue weighted by molar-refractivity contribution is 0.573. The average Bonchev–Trinajstić information content (AvgIpc) is 2.68. The summed E-state index contributed by atoms with van der Waals surface area (Å²) in [5.74, 6) is 0. The molecule has 2 rings (SSSR count). The first kappa shape index (κ1) is 13.4. The van der Waals surface area contributed by atoms with Crippen molar-refractivity contribution in [3.05, 3.63) is 33.9 Å². The van der Waals surface area contributed by atoms with Crippen LogP contribution in [0.15, 0.2) is 28.9 Å². The van der Waals surface area contributed by atoms with Gasteiger partial charge in [-0.15, -0.1) is 0 Å². The molecule has 0 atom stereocenters. The molecule has 0 fully saturated rings. The van der Waals surface area contributed by atoms with Crippen LogP contribution >= 0.6 is 27.5 Å². The van der Waals surface area contributed by atoms with Crippen molar-refractivity contribution in [2.75, 3.05) is 5.73 Å². The highest BCUT2D eigenvalue weighted by Crippen LogP contribution is 2.32. The van der Waals surface area contributed by atoms with Crippen molar-refractivity contribution in [3.63, 3.8) is 0 Å². The number of nitrogens with two attached hydrogens (primary N) is 1. The number of nitrogens with zero attached hydrogens (tertiary/aromatic N) is 2. The minimum Gasteiger partial charge on any atom is -0.396 e. The van der Waals surface area contributed by atoms with Gasteiger partial charge in [-0.05, 0) is 18.6 Å². The van der Waals surface area contributed by atoms with Gasteiger partial charge in [-0.3, -0.25) is 4.68 Å². The fourth-order valence-corrected chi connectivity index (χ4v) is 2.53. The number of hydrogen-bond donors (Lipinski definition) is 1. The molecule has 0 bridgehead atoms. The first-order valence-corrected chi connectivity index (χ1v) is 7.07. The van der Waals surface area contributed by atoms with Crippen LogP contribution in [0.4, 0.5) is 5.69 Å². The van der Waals surface area contributed by atoms with E-state index in [9.17, 15) is 0 Å². The monoisotopic (exact) mass is 327 g/mol. The summed E-state index contributed by atoms with van der Waals surface area (Å²) in [5.41, 5.74) is 8.28. The minimum absolute atomic E-state index is 0.650. The molecule has 18 heavy (non-hydrogen) atoms. The van der Waals surface area contributed by atoms with Crippen LogP contribution in [0.25, 0.3) is 11.3 Å². The molecule has 0 aliphatic heterocycles. The molecular formula is C13H15BrClN3. The summed E-state index contributed by atoms with van der Waals surface area (Å²) in [6.07, 6.45) is 4.09. The molecule has 0 saturated heterocycles. The highest BCUT2D eigenvalue weighted by atomic mass is 79.9. The fraction of sp³-hybridized carbons (Fsp3) is 0.308. The van der Waals surface area contributed by atoms with Crippen LogP contribution < -0.4 is 5.73 Å². The number of benzene rings is 1. The van der Waals surface area contributed by atoms with Crippen molar-refractivity contribution in [1.82, 2.24) is 9.78 Å². The minimum atomic E-state index is 0.650. The molecule has 2 aromatic rings. The number of aryl methyl sites for hydroxylation is 1. The second kappa shape index (κ2) is 5.76. The van der Waals surface area contributed by atoms with E-state index in [0.717, 1.165) is 35.1 Å². The summed E-state index contributed by atoms with van der Waals surface area (Å²) in [6, 6.07) is 5.71. The standard InChI is InChI=1S/C13H15BrClN3/c1-2-3-6-18-8-12(16)13(17-18)10-5-4-9(14)7-11(10)15/h4-5,7-8H,2-3,6,16H2,1H3. The summed E-state index contributed by atoms with van der Waals surface area (Å²) in [6.45, 7) is 3.04. The van der Waals surface area contributed by atoms with Crippen LogP contribution in [0, 0.1) is 0 Å². The molecule has 1 aromatic heterocycles. The van der Waals surface area contributed by atoms with Crippen molar-refractivity contribution in [2.45, 2.75) is 26.3 Å². The smallest absolute Gasteiger partial charge is 0.117 e. The van der Waals surface area contributed by atoms with Gasteiger partial charge in [0.15, 0.2) is 0 Å². The van der Waals surface area contributed by atoms with Gasteiger partial charge >= 0.3 is 0 Å². The van der Waals surface area contributed by atoms with Gasteiger partial charge in [-0.25, -0.2) is 0 Å². The maximum atomic E-state index is 6.21. The predicted octanol–water partition coefficient (Wildman–Crippen LogP) is 4.35. The molecule has 0 radical (unpaired) electrons. The van der Waals surface area contributed by atoms with Crippen LogP contribution in [0.2, 0.25) is 5.02 Å². The Balaban J connectivity index is 2.35. The van der Waals surface area contributed by atoms with Gasteiger partial charge in [0.2, 0.25) is 0 Å². The fourth-order valence-electron chi connectivity index (χ4n) is 1.76. The number of anilines is 1. The van der Waals surface area contributed by atoms with E-state index in [-0.39, 0.29) is 0 Å². The van der Waals surface area contributed by atoms with Crippen LogP contribution in [-0.4, -0.2) is 9.78 Å². The van der Waals surface area contributed by atoms with E-state index in [1.807, 2.05) is 29.1 Å². The van der Waals surface area contributed by atoms with Crippen LogP contribution in [0.5, 0.6) is 0 Å². The Bertz CT molecular complexity index is 551. The molecule has 0 saturated carbocycles. The normalized spacial score (nSPS) is 10.8. The number of nitrogen functional groups attached to an aromatic ring is 1. The SMILES string of the molecule is CCCCn1cc(N)c(-c2ccc(Br)cc2Cl)n1. The van der Waals surface area contributed by atoms with E-state index in [1.54, 1.807) is 0 Å². The zero-order chi connectivity index (χ0) is 13.1. The molecular weight excluding hydrogens is 314 g/mol. The number of aromatic nitrogens is 2. The largest absolute Gasteiger partial charge is 0.396 e. The molecule has 1 heterocycles. The highest BCUT2D eigenvalue weighted by molar-refractivity contribution is 9.10. The topological polar surface area (TPSA) is 43.8 Å². The molecule has 5 heteroatoms. The lowest BCUT2D eigenvalue weighted by Gasteiger charge is -2.02. The first-order chi connectivity index (χ1) is 8.61. The van der Waals surface area contributed by atoms with Crippen molar-refractivity contribution in [3.8, 4) is 11.3 Å². The second-order valence-electron chi connectivity index (χ2n) is 4.17. The maximum Gasteiger partial charge on any atom is 0.117 e. The summed E-state index contributed by atoms with van der Waals surface area (Å²) in [5, 5.41) is 5.15. The van der Waals surface area contributed by atoms with E-state index in [2.05, 4.69) is 28.0 Å². The van der Waals surface area contributed by atoms with Gasteiger partial charge in [-0.2, -0.15) is 5.10 Å². The van der Waals surface area contributed by atoms with E-state index in [4.69, 9.17) is 17.3 Å². The Morgan fingerprint density at radius 1 is 1.44 bits per heavy atom. The van der Waals surface area contributed by atoms with Gasteiger partial charge in [0.1, 0.15) is 5.69 Å². The zero-order valence-corrected chi connectivity index (χ0v) is 12.5. The highest BCUT2D eigenvalue weighted by Gasteiger charge is 2.12. The molecule has 0 aliphatic rings. The molecule has 96 valence electrons.